The molecule has 3 amide bonds. The molecule has 0 radical (unpaired) electrons. The van der Waals surface area contributed by atoms with Gasteiger partial charge in [-0.05, 0) is 30.9 Å². The molecule has 0 aromatic heterocycles. The Morgan fingerprint density at radius 2 is 1.72 bits per heavy atom. The molecule has 8 atom stereocenters. The first-order chi connectivity index (χ1) is 24.0. The molecule has 6 rings (SSSR count). The first kappa shape index (κ1) is 36.7. The number of esters is 1. The second-order valence-electron chi connectivity index (χ2n) is 14.3. The molecule has 3 fully saturated rings. The highest BCUT2D eigenvalue weighted by Crippen LogP contribution is 2.59. The van der Waals surface area contributed by atoms with E-state index >= 15 is 4.79 Å². The number of hydrogen-bond donors (Lipinski definition) is 1. The van der Waals surface area contributed by atoms with Crippen LogP contribution in [0.5, 0.6) is 0 Å². The molecule has 0 aliphatic carbocycles. The Labute approximate surface area is 302 Å². The summed E-state index contributed by atoms with van der Waals surface area (Å²) in [6.07, 6.45) is 4.62. The number of carbonyl (C=O) groups excluding carboxylic acids is 4. The summed E-state index contributed by atoms with van der Waals surface area (Å²) in [5, 5.41) is 10.7. The Morgan fingerprint density at radius 1 is 1.00 bits per heavy atom. The number of morpholine rings is 1. The minimum atomic E-state index is -1.46. The average molecular weight is 758 g/mol. The highest BCUT2D eigenvalue weighted by atomic mass is 79.9. The fourth-order valence-electron chi connectivity index (χ4n) is 8.16. The van der Waals surface area contributed by atoms with Gasteiger partial charge in [-0.3, -0.25) is 24.1 Å². The van der Waals surface area contributed by atoms with E-state index in [9.17, 15) is 19.5 Å². The molecule has 272 valence electrons. The van der Waals surface area contributed by atoms with Crippen LogP contribution in [-0.2, 0) is 33.4 Å². The lowest BCUT2D eigenvalue weighted by Gasteiger charge is -2.40. The fourth-order valence-corrected chi connectivity index (χ4v) is 8.89. The second kappa shape index (κ2) is 15.2. The molecule has 5 heterocycles. The van der Waals surface area contributed by atoms with Gasteiger partial charge in [0.25, 0.3) is 0 Å². The number of benzene rings is 1. The van der Waals surface area contributed by atoms with E-state index in [0.717, 1.165) is 13.1 Å². The lowest BCUT2D eigenvalue weighted by atomic mass is 9.74. The Bertz CT molecular complexity index is 1500. The predicted molar refractivity (Wildman–Crippen MR) is 188 cm³/mol. The van der Waals surface area contributed by atoms with Gasteiger partial charge in [-0.1, -0.05) is 72.3 Å². The van der Waals surface area contributed by atoms with Crippen molar-refractivity contribution in [2.75, 3.05) is 59.6 Å². The van der Waals surface area contributed by atoms with Crippen molar-refractivity contribution in [3.05, 3.63) is 58.6 Å². The van der Waals surface area contributed by atoms with Gasteiger partial charge in [-0.2, -0.15) is 0 Å². The zero-order valence-corrected chi connectivity index (χ0v) is 30.9. The summed E-state index contributed by atoms with van der Waals surface area (Å²) in [4.78, 5) is 64.8. The molecule has 1 aromatic carbocycles. The topological polar surface area (TPSA) is 129 Å². The molecule has 1 aromatic rings. The number of carbonyl (C=O) groups is 4. The molecule has 12 nitrogen and oxygen atoms in total. The van der Waals surface area contributed by atoms with Crippen LogP contribution in [0.25, 0.3) is 0 Å². The largest absolute Gasteiger partial charge is 0.455 e. The van der Waals surface area contributed by atoms with Gasteiger partial charge in [0, 0.05) is 50.7 Å². The highest BCUT2D eigenvalue weighted by molar-refractivity contribution is 9.11. The van der Waals surface area contributed by atoms with Crippen LogP contribution in [0.3, 0.4) is 0 Å². The number of rotatable bonds is 7. The van der Waals surface area contributed by atoms with Crippen molar-refractivity contribution in [2.24, 2.45) is 17.8 Å². The minimum Gasteiger partial charge on any atom is -0.455 e. The quantitative estimate of drug-likeness (QED) is 0.330. The van der Waals surface area contributed by atoms with Crippen molar-refractivity contribution in [2.45, 2.75) is 69.5 Å². The molecule has 5 aliphatic heterocycles. The Hall–Kier alpha value is -3.10. The summed E-state index contributed by atoms with van der Waals surface area (Å²) in [5.41, 5.74) is -0.748. The maximum absolute atomic E-state index is 15.0. The molecule has 0 unspecified atom stereocenters. The molecular weight excluding hydrogens is 708 g/mol. The number of aliphatic hydroxyl groups excluding tert-OH is 1. The maximum Gasteiger partial charge on any atom is 0.313 e. The van der Waals surface area contributed by atoms with Crippen molar-refractivity contribution in [3.63, 3.8) is 0 Å². The van der Waals surface area contributed by atoms with E-state index in [1.54, 1.807) is 22.9 Å². The Morgan fingerprint density at radius 3 is 2.40 bits per heavy atom. The number of fused-ring (bicyclic) bond motifs is 2. The van der Waals surface area contributed by atoms with Crippen LogP contribution in [0, 0.1) is 17.8 Å². The van der Waals surface area contributed by atoms with Gasteiger partial charge in [-0.25, -0.2) is 0 Å². The number of likely N-dealkylation sites (N-methyl/N-ethyl adjacent to an activating group) is 1. The van der Waals surface area contributed by atoms with Gasteiger partial charge in [0.05, 0.1) is 37.8 Å². The summed E-state index contributed by atoms with van der Waals surface area (Å²) in [6, 6.07) is 6.92. The standard InChI is InChI=1S/C37H49BrN4O8/c1-23(2)27(22-43)42-33-35(46)41(16-15-40-17-19-48-20-18-40)14-10-6-9-13-28(44)39(4)24(3)31(25-11-7-5-8-12-25)49-36(47)29-30(34(42)45)37(33)21-26(38)32(29)50-37/h5-8,10-12,21,23-24,27,29-33,43H,9,13-20,22H2,1-4H3/b10-6-/t24-,27+,29+,30-,31+,32+,33+,37-/m1/s1. The summed E-state index contributed by atoms with van der Waals surface area (Å²) in [6.45, 7) is 9.27. The molecule has 50 heavy (non-hydrogen) atoms. The van der Waals surface area contributed by atoms with Crippen LogP contribution in [0.15, 0.2) is 53.0 Å². The molecule has 13 heteroatoms. The van der Waals surface area contributed by atoms with Crippen LogP contribution in [0.1, 0.15) is 45.3 Å². The molecular formula is C37H49BrN4O8. The van der Waals surface area contributed by atoms with E-state index < -0.39 is 59.6 Å². The second-order valence-corrected chi connectivity index (χ2v) is 15.2. The SMILES string of the molecule is CC(C)[C@H](CO)N1C(=O)[C@H]2[C@@H]3C(=O)O[C@H](c4ccccc4)[C@@H](C)N(C)C(=O)CC/C=C\CN(CCN4CCOCC4)C(=O)[C@H]1[C@@]21C=C(Br)[C@@H]3O1. The maximum atomic E-state index is 15.0. The van der Waals surface area contributed by atoms with Crippen molar-refractivity contribution in [3.8, 4) is 0 Å². The highest BCUT2D eigenvalue weighted by Gasteiger charge is 2.75. The van der Waals surface area contributed by atoms with Crippen LogP contribution < -0.4 is 0 Å². The summed E-state index contributed by atoms with van der Waals surface area (Å²) < 4.78 is 19.1. The monoisotopic (exact) mass is 756 g/mol. The lowest BCUT2D eigenvalue weighted by molar-refractivity contribution is -0.164. The predicted octanol–water partition coefficient (Wildman–Crippen LogP) is 2.52. The van der Waals surface area contributed by atoms with Crippen molar-refractivity contribution >= 4 is 39.6 Å². The smallest absolute Gasteiger partial charge is 0.313 e. The lowest BCUT2D eigenvalue weighted by Crippen LogP contribution is -2.60. The van der Waals surface area contributed by atoms with Gasteiger partial charge in [0.2, 0.25) is 17.7 Å². The van der Waals surface area contributed by atoms with Crippen molar-refractivity contribution < 1.29 is 38.5 Å². The van der Waals surface area contributed by atoms with Gasteiger partial charge < -0.3 is 34.0 Å². The van der Waals surface area contributed by atoms with Gasteiger partial charge >= 0.3 is 5.97 Å². The molecule has 5 aliphatic rings. The Kier molecular flexibility index (Phi) is 11.2. The van der Waals surface area contributed by atoms with E-state index in [1.165, 1.54) is 4.90 Å². The van der Waals surface area contributed by atoms with Crippen LogP contribution >= 0.6 is 15.9 Å². The molecule has 3 saturated heterocycles. The summed E-state index contributed by atoms with van der Waals surface area (Å²) >= 11 is 3.63. The number of amides is 3. The molecule has 5 bridgehead atoms. The van der Waals surface area contributed by atoms with Gasteiger partial charge in [0.15, 0.2) is 0 Å². The third kappa shape index (κ3) is 6.67. The third-order valence-corrected chi connectivity index (χ3v) is 11.8. The van der Waals surface area contributed by atoms with E-state index in [0.29, 0.717) is 42.8 Å². The Balaban J connectivity index is 1.44. The number of cyclic esters (lactones) is 1. The molecule has 0 saturated carbocycles. The fraction of sp³-hybridized carbons (Fsp3) is 0.622. The van der Waals surface area contributed by atoms with Gasteiger partial charge in [-0.15, -0.1) is 0 Å². The number of allylic oxidation sites excluding steroid dienone is 1. The van der Waals surface area contributed by atoms with E-state index in [-0.39, 0.29) is 37.3 Å². The van der Waals surface area contributed by atoms with Crippen LogP contribution in [0.2, 0.25) is 0 Å². The normalized spacial score (nSPS) is 33.9. The number of likely N-dealkylation sites (tertiary alicyclic amines) is 1. The number of halogens is 1. The van der Waals surface area contributed by atoms with E-state index in [2.05, 4.69) is 20.8 Å². The van der Waals surface area contributed by atoms with Crippen molar-refractivity contribution in [1.82, 2.24) is 19.6 Å². The van der Waals surface area contributed by atoms with E-state index in [1.807, 2.05) is 63.3 Å². The zero-order chi connectivity index (χ0) is 35.7. The number of hydrogen-bond acceptors (Lipinski definition) is 9. The number of aliphatic hydroxyl groups is 1. The van der Waals surface area contributed by atoms with Crippen LogP contribution in [0.4, 0.5) is 0 Å². The van der Waals surface area contributed by atoms with Gasteiger partial charge in [0.1, 0.15) is 29.8 Å². The first-order valence-corrected chi connectivity index (χ1v) is 18.5. The van der Waals surface area contributed by atoms with E-state index in [4.69, 9.17) is 14.2 Å². The minimum absolute atomic E-state index is 0.106. The zero-order valence-electron chi connectivity index (χ0n) is 29.3. The third-order valence-electron chi connectivity index (χ3n) is 11.1. The van der Waals surface area contributed by atoms with Crippen molar-refractivity contribution in [1.29, 1.82) is 0 Å². The van der Waals surface area contributed by atoms with Crippen LogP contribution in [-0.4, -0.2) is 138 Å². The average Bonchev–Trinajstić information content (AvgIpc) is 3.71. The summed E-state index contributed by atoms with van der Waals surface area (Å²) in [5.74, 6) is -3.80. The number of ether oxygens (including phenoxy) is 3. The molecule has 1 N–H and O–H groups in total. The molecule has 1 spiro atoms. The first-order valence-electron chi connectivity index (χ1n) is 17.7. The summed E-state index contributed by atoms with van der Waals surface area (Å²) in [7, 11) is 1.71. The number of nitrogens with zero attached hydrogens (tertiary/aromatic N) is 4.